The second-order valence-electron chi connectivity index (χ2n) is 4.97. The quantitative estimate of drug-likeness (QED) is 0.921. The van der Waals surface area contributed by atoms with Gasteiger partial charge in [-0.25, -0.2) is 4.98 Å². The Morgan fingerprint density at radius 2 is 1.79 bits per heavy atom. The van der Waals surface area contributed by atoms with Gasteiger partial charge in [-0.1, -0.05) is 17.7 Å². The van der Waals surface area contributed by atoms with E-state index in [0.29, 0.717) is 5.69 Å². The molecule has 2 rings (SSSR count). The van der Waals surface area contributed by atoms with Crippen LogP contribution in [0.4, 0.5) is 0 Å². The monoisotopic (exact) mass is 258 g/mol. The van der Waals surface area contributed by atoms with Crippen LogP contribution in [0.5, 0.6) is 0 Å². The zero-order chi connectivity index (χ0) is 14.2. The first-order chi connectivity index (χ1) is 8.88. The molecule has 1 N–H and O–H groups in total. The summed E-state index contributed by atoms with van der Waals surface area (Å²) >= 11 is 0. The summed E-state index contributed by atoms with van der Waals surface area (Å²) < 4.78 is 1.97. The van der Waals surface area contributed by atoms with Crippen LogP contribution in [-0.2, 0) is 11.2 Å². The van der Waals surface area contributed by atoms with Gasteiger partial charge in [0.2, 0.25) is 0 Å². The molecule has 100 valence electrons. The van der Waals surface area contributed by atoms with Crippen LogP contribution < -0.4 is 0 Å². The summed E-state index contributed by atoms with van der Waals surface area (Å²) in [6, 6.07) is 4.25. The molecule has 0 fully saturated rings. The van der Waals surface area contributed by atoms with Crippen molar-refractivity contribution in [2.45, 2.75) is 34.1 Å². The number of rotatable bonds is 3. The number of imidazole rings is 1. The highest BCUT2D eigenvalue weighted by atomic mass is 16.4. The fraction of sp³-hybridized carbons (Fsp3) is 0.333. The zero-order valence-corrected chi connectivity index (χ0v) is 11.7. The Balaban J connectivity index is 2.53. The lowest BCUT2D eigenvalue weighted by Gasteiger charge is -2.13. The Labute approximate surface area is 112 Å². The van der Waals surface area contributed by atoms with Crippen molar-refractivity contribution >= 4 is 5.97 Å². The topological polar surface area (TPSA) is 55.1 Å². The van der Waals surface area contributed by atoms with Crippen molar-refractivity contribution in [3.05, 3.63) is 46.5 Å². The number of hydrogen-bond acceptors (Lipinski definition) is 2. The largest absolute Gasteiger partial charge is 0.481 e. The number of carboxylic acids is 1. The van der Waals surface area contributed by atoms with Gasteiger partial charge in [0.25, 0.3) is 0 Å². The minimum Gasteiger partial charge on any atom is -0.481 e. The van der Waals surface area contributed by atoms with Gasteiger partial charge in [-0.3, -0.25) is 4.79 Å². The Morgan fingerprint density at radius 3 is 2.32 bits per heavy atom. The number of aromatic nitrogens is 2. The molecule has 2 aromatic rings. The number of benzene rings is 1. The van der Waals surface area contributed by atoms with Crippen LogP contribution >= 0.6 is 0 Å². The third kappa shape index (κ3) is 2.67. The lowest BCUT2D eigenvalue weighted by atomic mass is 10.0. The number of carbonyl (C=O) groups is 1. The maximum atomic E-state index is 10.8. The predicted molar refractivity (Wildman–Crippen MR) is 73.9 cm³/mol. The van der Waals surface area contributed by atoms with Crippen molar-refractivity contribution in [3.63, 3.8) is 0 Å². The highest BCUT2D eigenvalue weighted by molar-refractivity contribution is 5.69. The van der Waals surface area contributed by atoms with Gasteiger partial charge in [0.1, 0.15) is 5.82 Å². The number of hydrogen-bond donors (Lipinski definition) is 1. The molecule has 0 spiro atoms. The molecule has 1 aromatic heterocycles. The van der Waals surface area contributed by atoms with Crippen LogP contribution in [0.15, 0.2) is 18.3 Å². The molecule has 0 radical (unpaired) electrons. The first-order valence-electron chi connectivity index (χ1n) is 6.23. The highest BCUT2D eigenvalue weighted by Crippen LogP contribution is 2.22. The van der Waals surface area contributed by atoms with Gasteiger partial charge >= 0.3 is 5.97 Å². The Hall–Kier alpha value is -2.10. The van der Waals surface area contributed by atoms with E-state index in [9.17, 15) is 4.79 Å². The van der Waals surface area contributed by atoms with E-state index in [0.717, 1.165) is 11.5 Å². The average Bonchev–Trinajstić information content (AvgIpc) is 2.57. The lowest BCUT2D eigenvalue weighted by molar-refractivity contribution is -0.136. The van der Waals surface area contributed by atoms with E-state index in [2.05, 4.69) is 37.9 Å². The Morgan fingerprint density at radius 1 is 1.21 bits per heavy atom. The maximum Gasteiger partial charge on any atom is 0.309 e. The van der Waals surface area contributed by atoms with E-state index in [4.69, 9.17) is 5.11 Å². The molecule has 0 bridgehead atoms. The van der Waals surface area contributed by atoms with Gasteiger partial charge in [-0.15, -0.1) is 0 Å². The molecule has 0 aliphatic heterocycles. The van der Waals surface area contributed by atoms with Crippen molar-refractivity contribution < 1.29 is 9.90 Å². The molecular formula is C15H18N2O2. The lowest BCUT2D eigenvalue weighted by Crippen LogP contribution is -2.02. The molecule has 0 aliphatic carbocycles. The van der Waals surface area contributed by atoms with Gasteiger partial charge in [0, 0.05) is 6.20 Å². The van der Waals surface area contributed by atoms with Crippen molar-refractivity contribution in [3.8, 4) is 5.69 Å². The smallest absolute Gasteiger partial charge is 0.309 e. The molecule has 4 heteroatoms. The molecule has 0 aliphatic rings. The van der Waals surface area contributed by atoms with Crippen LogP contribution in [0.3, 0.4) is 0 Å². The van der Waals surface area contributed by atoms with Crippen LogP contribution in [-0.4, -0.2) is 20.6 Å². The van der Waals surface area contributed by atoms with E-state index in [-0.39, 0.29) is 6.42 Å². The van der Waals surface area contributed by atoms with Gasteiger partial charge < -0.3 is 9.67 Å². The Bertz CT molecular complexity index is 619. The number of carboxylic acid groups (broad SMARTS) is 1. The van der Waals surface area contributed by atoms with Crippen LogP contribution in [0.2, 0.25) is 0 Å². The van der Waals surface area contributed by atoms with Crippen LogP contribution in [0, 0.1) is 27.7 Å². The van der Waals surface area contributed by atoms with Crippen LogP contribution in [0.25, 0.3) is 5.69 Å². The molecule has 4 nitrogen and oxygen atoms in total. The molecular weight excluding hydrogens is 240 g/mol. The Kier molecular flexibility index (Phi) is 3.42. The first kappa shape index (κ1) is 13.3. The first-order valence-corrected chi connectivity index (χ1v) is 6.23. The maximum absolute atomic E-state index is 10.8. The summed E-state index contributed by atoms with van der Waals surface area (Å²) in [6.45, 7) is 8.09. The molecule has 1 heterocycles. The number of nitrogens with zero attached hydrogens (tertiary/aromatic N) is 2. The summed E-state index contributed by atoms with van der Waals surface area (Å²) in [5.74, 6) is -0.0479. The number of aryl methyl sites for hydroxylation is 4. The van der Waals surface area contributed by atoms with Gasteiger partial charge in [-0.2, -0.15) is 0 Å². The fourth-order valence-corrected chi connectivity index (χ4v) is 2.55. The molecule has 0 amide bonds. The van der Waals surface area contributed by atoms with Gasteiger partial charge in [-0.05, 0) is 38.8 Å². The molecule has 1 aromatic carbocycles. The second-order valence-corrected chi connectivity index (χ2v) is 4.97. The summed E-state index contributed by atoms with van der Waals surface area (Å²) in [5, 5.41) is 8.83. The van der Waals surface area contributed by atoms with Crippen molar-refractivity contribution in [2.24, 2.45) is 0 Å². The van der Waals surface area contributed by atoms with E-state index >= 15 is 0 Å². The molecule has 0 unspecified atom stereocenters. The van der Waals surface area contributed by atoms with Gasteiger partial charge in [0.05, 0.1) is 17.8 Å². The van der Waals surface area contributed by atoms with Gasteiger partial charge in [0.15, 0.2) is 0 Å². The summed E-state index contributed by atoms with van der Waals surface area (Å²) in [7, 11) is 0. The minimum absolute atomic E-state index is 0.0439. The summed E-state index contributed by atoms with van der Waals surface area (Å²) in [6.07, 6.45) is 1.77. The van der Waals surface area contributed by atoms with E-state index < -0.39 is 5.97 Å². The third-order valence-corrected chi connectivity index (χ3v) is 3.14. The second kappa shape index (κ2) is 4.88. The molecule has 0 atom stereocenters. The van der Waals surface area contributed by atoms with Crippen LogP contribution in [0.1, 0.15) is 28.2 Å². The normalized spacial score (nSPS) is 10.7. The third-order valence-electron chi connectivity index (χ3n) is 3.14. The summed E-state index contributed by atoms with van der Waals surface area (Å²) in [4.78, 5) is 15.1. The molecule has 0 saturated carbocycles. The molecule has 0 saturated heterocycles. The predicted octanol–water partition coefficient (Wildman–Crippen LogP) is 2.73. The summed E-state index contributed by atoms with van der Waals surface area (Å²) in [5.41, 5.74) is 5.23. The minimum atomic E-state index is -0.859. The zero-order valence-electron chi connectivity index (χ0n) is 11.7. The van der Waals surface area contributed by atoms with E-state index in [1.165, 1.54) is 16.7 Å². The average molecular weight is 258 g/mol. The van der Waals surface area contributed by atoms with Crippen molar-refractivity contribution in [1.29, 1.82) is 0 Å². The van der Waals surface area contributed by atoms with E-state index in [1.807, 2.05) is 17.7 Å². The number of aliphatic carboxylic acids is 1. The fourth-order valence-electron chi connectivity index (χ4n) is 2.55. The molecule has 19 heavy (non-hydrogen) atoms. The van der Waals surface area contributed by atoms with E-state index in [1.54, 1.807) is 0 Å². The van der Waals surface area contributed by atoms with Crippen molar-refractivity contribution in [2.75, 3.05) is 0 Å². The standard InChI is InChI=1S/C15H18N2O2/c1-9-5-10(2)15(11(3)6-9)17-8-13(7-14(18)19)16-12(17)4/h5-6,8H,7H2,1-4H3,(H,18,19). The SMILES string of the molecule is Cc1cc(C)c(-n2cc(CC(=O)O)nc2C)c(C)c1. The highest BCUT2D eigenvalue weighted by Gasteiger charge is 2.12. The van der Waals surface area contributed by atoms with Crippen molar-refractivity contribution in [1.82, 2.24) is 9.55 Å².